The summed E-state index contributed by atoms with van der Waals surface area (Å²) >= 11 is 5.94. The Morgan fingerprint density at radius 3 is 2.90 bits per heavy atom. The fourth-order valence-electron chi connectivity index (χ4n) is 2.44. The molecular formula is C14H19ClF2N2O. The fraction of sp³-hybridized carbons (Fsp3) is 0.571. The number of alkyl halides is 2. The van der Waals surface area contributed by atoms with Crippen LogP contribution in [0.15, 0.2) is 18.2 Å². The van der Waals surface area contributed by atoms with Crippen molar-refractivity contribution in [2.45, 2.75) is 32.5 Å². The minimum Gasteiger partial charge on any atom is -0.434 e. The van der Waals surface area contributed by atoms with Crippen LogP contribution in [0.4, 0.5) is 8.78 Å². The van der Waals surface area contributed by atoms with Crippen molar-refractivity contribution in [2.24, 2.45) is 11.7 Å². The van der Waals surface area contributed by atoms with Crippen LogP contribution in [0, 0.1) is 5.92 Å². The van der Waals surface area contributed by atoms with Crippen LogP contribution in [0.2, 0.25) is 5.02 Å². The van der Waals surface area contributed by atoms with Crippen LogP contribution in [0.5, 0.6) is 5.75 Å². The van der Waals surface area contributed by atoms with Crippen LogP contribution in [-0.4, -0.2) is 30.6 Å². The van der Waals surface area contributed by atoms with Crippen LogP contribution in [-0.2, 0) is 6.54 Å². The molecule has 0 amide bonds. The van der Waals surface area contributed by atoms with E-state index in [4.69, 9.17) is 17.3 Å². The number of nitrogens with zero attached hydrogens (tertiary/aromatic N) is 1. The Labute approximate surface area is 122 Å². The summed E-state index contributed by atoms with van der Waals surface area (Å²) < 4.78 is 29.3. The maximum atomic E-state index is 12.4. The topological polar surface area (TPSA) is 38.5 Å². The maximum Gasteiger partial charge on any atom is 0.387 e. The van der Waals surface area contributed by atoms with E-state index in [1.807, 2.05) is 0 Å². The minimum atomic E-state index is -2.83. The van der Waals surface area contributed by atoms with Crippen molar-refractivity contribution in [3.63, 3.8) is 0 Å². The molecule has 0 aliphatic carbocycles. The van der Waals surface area contributed by atoms with E-state index in [9.17, 15) is 8.78 Å². The summed E-state index contributed by atoms with van der Waals surface area (Å²) in [6.45, 7) is 1.46. The van der Waals surface area contributed by atoms with Gasteiger partial charge in [-0.1, -0.05) is 18.5 Å². The third kappa shape index (κ3) is 4.04. The highest BCUT2D eigenvalue weighted by Gasteiger charge is 2.24. The summed E-state index contributed by atoms with van der Waals surface area (Å²) in [5.74, 6) is 0.666. The third-order valence-electron chi connectivity index (χ3n) is 3.73. The summed E-state index contributed by atoms with van der Waals surface area (Å²) in [6, 6.07) is 4.81. The van der Waals surface area contributed by atoms with Gasteiger partial charge in [0.1, 0.15) is 5.75 Å². The van der Waals surface area contributed by atoms with E-state index in [0.717, 1.165) is 19.5 Å². The van der Waals surface area contributed by atoms with Gasteiger partial charge in [-0.3, -0.25) is 4.90 Å². The maximum absolute atomic E-state index is 12.4. The second-order valence-electron chi connectivity index (χ2n) is 5.30. The Hall–Kier alpha value is -0.910. The van der Waals surface area contributed by atoms with Gasteiger partial charge in [0.2, 0.25) is 0 Å². The van der Waals surface area contributed by atoms with Crippen molar-refractivity contribution < 1.29 is 13.5 Å². The molecule has 1 heterocycles. The molecule has 112 valence electrons. The Balaban J connectivity index is 2.09. The van der Waals surface area contributed by atoms with Gasteiger partial charge in [-0.05, 0) is 37.1 Å². The lowest BCUT2D eigenvalue weighted by Gasteiger charge is -2.35. The molecule has 1 aromatic carbocycles. The molecular weight excluding hydrogens is 286 g/mol. The van der Waals surface area contributed by atoms with Gasteiger partial charge in [0, 0.05) is 29.7 Å². The molecule has 2 N–H and O–H groups in total. The summed E-state index contributed by atoms with van der Waals surface area (Å²) in [5.41, 5.74) is 6.72. The van der Waals surface area contributed by atoms with Crippen LogP contribution in [0.3, 0.4) is 0 Å². The van der Waals surface area contributed by atoms with Gasteiger partial charge in [-0.15, -0.1) is 0 Å². The molecule has 1 aliphatic heterocycles. The Bertz CT molecular complexity index is 459. The summed E-state index contributed by atoms with van der Waals surface area (Å²) in [6.07, 6.45) is 1.01. The van der Waals surface area contributed by atoms with Crippen LogP contribution in [0.1, 0.15) is 18.9 Å². The number of rotatable bonds is 4. The quantitative estimate of drug-likeness (QED) is 0.929. The van der Waals surface area contributed by atoms with Gasteiger partial charge in [0.25, 0.3) is 0 Å². The van der Waals surface area contributed by atoms with Gasteiger partial charge in [-0.2, -0.15) is 8.78 Å². The predicted molar refractivity (Wildman–Crippen MR) is 75.1 cm³/mol. The average molecular weight is 305 g/mol. The molecule has 2 unspecified atom stereocenters. The lowest BCUT2D eigenvalue weighted by Crippen LogP contribution is -2.47. The lowest BCUT2D eigenvalue weighted by molar-refractivity contribution is -0.0508. The first-order valence-corrected chi connectivity index (χ1v) is 7.04. The van der Waals surface area contributed by atoms with Crippen molar-refractivity contribution in [3.05, 3.63) is 28.8 Å². The van der Waals surface area contributed by atoms with E-state index in [2.05, 4.69) is 16.6 Å². The molecule has 1 saturated heterocycles. The minimum absolute atomic E-state index is 0.113. The number of piperidine rings is 1. The van der Waals surface area contributed by atoms with Crippen molar-refractivity contribution >= 4 is 11.6 Å². The molecule has 1 aromatic rings. The van der Waals surface area contributed by atoms with Gasteiger partial charge in [0.05, 0.1) is 0 Å². The number of hydrogen-bond donors (Lipinski definition) is 1. The van der Waals surface area contributed by atoms with Crippen molar-refractivity contribution in [1.29, 1.82) is 0 Å². The Morgan fingerprint density at radius 2 is 2.25 bits per heavy atom. The van der Waals surface area contributed by atoms with Crippen LogP contribution >= 0.6 is 11.6 Å². The normalized spacial score (nSPS) is 24.1. The van der Waals surface area contributed by atoms with E-state index in [-0.39, 0.29) is 11.8 Å². The highest BCUT2D eigenvalue weighted by molar-refractivity contribution is 6.30. The summed E-state index contributed by atoms with van der Waals surface area (Å²) in [5, 5.41) is 0.510. The van der Waals surface area contributed by atoms with Crippen molar-refractivity contribution in [1.82, 2.24) is 4.90 Å². The molecule has 1 fully saturated rings. The second kappa shape index (κ2) is 6.70. The van der Waals surface area contributed by atoms with E-state index < -0.39 is 6.61 Å². The Kier molecular flexibility index (Phi) is 5.18. The highest BCUT2D eigenvalue weighted by Crippen LogP contribution is 2.27. The second-order valence-corrected chi connectivity index (χ2v) is 5.73. The zero-order valence-corrected chi connectivity index (χ0v) is 12.1. The number of ether oxygens (including phenoxy) is 1. The molecule has 0 spiro atoms. The van der Waals surface area contributed by atoms with E-state index in [1.165, 1.54) is 6.07 Å². The zero-order valence-electron chi connectivity index (χ0n) is 11.4. The summed E-state index contributed by atoms with van der Waals surface area (Å²) in [7, 11) is 0. The van der Waals surface area contributed by atoms with Crippen LogP contribution < -0.4 is 10.5 Å². The number of halogens is 3. The first kappa shape index (κ1) is 15.5. The van der Waals surface area contributed by atoms with Gasteiger partial charge < -0.3 is 10.5 Å². The molecule has 1 aliphatic rings. The molecule has 3 nitrogen and oxygen atoms in total. The number of nitrogens with two attached hydrogens (primary N) is 1. The summed E-state index contributed by atoms with van der Waals surface area (Å²) in [4.78, 5) is 2.15. The molecule has 2 rings (SSSR count). The zero-order chi connectivity index (χ0) is 14.7. The van der Waals surface area contributed by atoms with E-state index >= 15 is 0 Å². The third-order valence-corrected chi connectivity index (χ3v) is 3.97. The smallest absolute Gasteiger partial charge is 0.387 e. The van der Waals surface area contributed by atoms with Gasteiger partial charge in [0.15, 0.2) is 0 Å². The molecule has 0 radical (unpaired) electrons. The molecule has 0 bridgehead atoms. The average Bonchev–Trinajstić information content (AvgIpc) is 2.37. The standard InChI is InChI=1S/C14H19ClF2N2O/c1-9-4-5-19(8-12(9)18)7-10-6-11(15)2-3-13(10)20-14(16)17/h2-3,6,9,12,14H,4-5,7-8,18H2,1H3. The lowest BCUT2D eigenvalue weighted by atomic mass is 9.94. The Morgan fingerprint density at radius 1 is 1.50 bits per heavy atom. The molecule has 0 saturated carbocycles. The first-order chi connectivity index (χ1) is 9.45. The van der Waals surface area contributed by atoms with Gasteiger partial charge in [-0.25, -0.2) is 0 Å². The van der Waals surface area contributed by atoms with Crippen LogP contribution in [0.25, 0.3) is 0 Å². The van der Waals surface area contributed by atoms with E-state index in [0.29, 0.717) is 23.0 Å². The number of likely N-dealkylation sites (tertiary alicyclic amines) is 1. The monoisotopic (exact) mass is 304 g/mol. The van der Waals surface area contributed by atoms with Crippen molar-refractivity contribution in [2.75, 3.05) is 13.1 Å². The molecule has 20 heavy (non-hydrogen) atoms. The largest absolute Gasteiger partial charge is 0.434 e. The first-order valence-electron chi connectivity index (χ1n) is 6.67. The number of benzene rings is 1. The highest BCUT2D eigenvalue weighted by atomic mass is 35.5. The van der Waals surface area contributed by atoms with Crippen molar-refractivity contribution in [3.8, 4) is 5.75 Å². The SMILES string of the molecule is CC1CCN(Cc2cc(Cl)ccc2OC(F)F)CC1N. The fourth-order valence-corrected chi connectivity index (χ4v) is 2.63. The number of hydrogen-bond acceptors (Lipinski definition) is 3. The van der Waals surface area contributed by atoms with Gasteiger partial charge >= 0.3 is 6.61 Å². The molecule has 2 atom stereocenters. The molecule has 0 aromatic heterocycles. The molecule has 6 heteroatoms. The predicted octanol–water partition coefficient (Wildman–Crippen LogP) is 3.11. The van der Waals surface area contributed by atoms with E-state index in [1.54, 1.807) is 12.1 Å².